The van der Waals surface area contributed by atoms with Crippen LogP contribution in [0.1, 0.15) is 18.6 Å². The third-order valence-corrected chi connectivity index (χ3v) is 2.11. The molecule has 0 aliphatic rings. The van der Waals surface area contributed by atoms with Crippen molar-refractivity contribution in [3.63, 3.8) is 0 Å². The van der Waals surface area contributed by atoms with E-state index in [1.807, 2.05) is 0 Å². The van der Waals surface area contributed by atoms with E-state index in [0.29, 0.717) is 6.07 Å². The summed E-state index contributed by atoms with van der Waals surface area (Å²) in [5.74, 6) is -5.32. The Balaban J connectivity index is 3.24. The van der Waals surface area contributed by atoms with Crippen LogP contribution < -0.4 is 4.74 Å². The third-order valence-electron chi connectivity index (χ3n) is 2.11. The fourth-order valence-corrected chi connectivity index (χ4v) is 1.35. The van der Waals surface area contributed by atoms with E-state index in [9.17, 15) is 28.4 Å². The first-order chi connectivity index (χ1) is 8.38. The van der Waals surface area contributed by atoms with Crippen LogP contribution in [0.3, 0.4) is 0 Å². The fourth-order valence-electron chi connectivity index (χ4n) is 1.35. The zero-order chi connectivity index (χ0) is 13.9. The van der Waals surface area contributed by atoms with Gasteiger partial charge in [-0.25, -0.2) is 8.78 Å². The van der Waals surface area contributed by atoms with Gasteiger partial charge in [0.25, 0.3) is 0 Å². The molecule has 1 atom stereocenters. The quantitative estimate of drug-likeness (QED) is 0.500. The predicted octanol–water partition coefficient (Wildman–Crippen LogP) is 1.81. The Morgan fingerprint density at radius 2 is 2.06 bits per heavy atom. The number of ether oxygens (including phenoxy) is 1. The molecular weight excluding hydrogens is 255 g/mol. The first-order valence-corrected chi connectivity index (χ1v) is 4.98. The first-order valence-electron chi connectivity index (χ1n) is 4.98. The van der Waals surface area contributed by atoms with E-state index in [-0.39, 0.29) is 6.61 Å². The molecule has 0 aromatic heterocycles. The highest BCUT2D eigenvalue weighted by molar-refractivity contribution is 5.35. The van der Waals surface area contributed by atoms with Crippen molar-refractivity contribution in [2.24, 2.45) is 0 Å². The van der Waals surface area contributed by atoms with Gasteiger partial charge in [0.05, 0.1) is 6.61 Å². The standard InChI is InChI=1S/C10H10F3NO4/c1-2-18-10-8(12)5(3-6(11)9(10)13)7(15)4-14(16)17/h3,7,15H,2,4H2,1H3. The van der Waals surface area contributed by atoms with Crippen LogP contribution in [-0.4, -0.2) is 23.2 Å². The number of benzene rings is 1. The SMILES string of the molecule is CCOc1c(F)c(F)cc(C(O)C[N+](=O)[O-])c1F. The monoisotopic (exact) mass is 265 g/mol. The summed E-state index contributed by atoms with van der Waals surface area (Å²) in [4.78, 5) is 9.28. The second kappa shape index (κ2) is 5.67. The zero-order valence-corrected chi connectivity index (χ0v) is 9.32. The van der Waals surface area contributed by atoms with E-state index in [4.69, 9.17) is 0 Å². The molecule has 1 aromatic carbocycles. The minimum atomic E-state index is -1.88. The van der Waals surface area contributed by atoms with E-state index >= 15 is 0 Å². The summed E-state index contributed by atoms with van der Waals surface area (Å²) in [6, 6.07) is 0.376. The van der Waals surface area contributed by atoms with Crippen LogP contribution in [0, 0.1) is 27.6 Å². The molecule has 1 unspecified atom stereocenters. The van der Waals surface area contributed by atoms with Gasteiger partial charge in [0.2, 0.25) is 12.4 Å². The number of hydrogen-bond donors (Lipinski definition) is 1. The van der Waals surface area contributed by atoms with Crippen LogP contribution in [0.2, 0.25) is 0 Å². The molecule has 1 rings (SSSR count). The number of aliphatic hydroxyl groups excluding tert-OH is 1. The maximum Gasteiger partial charge on any atom is 0.233 e. The average molecular weight is 265 g/mol. The molecule has 0 saturated carbocycles. The van der Waals surface area contributed by atoms with Gasteiger partial charge in [-0.15, -0.1) is 0 Å². The summed E-state index contributed by atoms with van der Waals surface area (Å²) >= 11 is 0. The van der Waals surface area contributed by atoms with Crippen molar-refractivity contribution in [3.05, 3.63) is 39.2 Å². The highest BCUT2D eigenvalue weighted by atomic mass is 19.2. The Bertz CT molecular complexity index is 467. The molecule has 0 spiro atoms. The smallest absolute Gasteiger partial charge is 0.233 e. The molecule has 5 nitrogen and oxygen atoms in total. The lowest BCUT2D eigenvalue weighted by Gasteiger charge is -2.13. The maximum absolute atomic E-state index is 13.7. The number of nitrogens with zero attached hydrogens (tertiary/aromatic N) is 1. The summed E-state index contributed by atoms with van der Waals surface area (Å²) in [5.41, 5.74) is -0.714. The summed E-state index contributed by atoms with van der Waals surface area (Å²) in [6.45, 7) is 0.284. The summed E-state index contributed by atoms with van der Waals surface area (Å²) in [7, 11) is 0. The second-order valence-electron chi connectivity index (χ2n) is 3.37. The van der Waals surface area contributed by atoms with Crippen LogP contribution in [0.5, 0.6) is 5.75 Å². The normalized spacial score (nSPS) is 12.3. The van der Waals surface area contributed by atoms with Gasteiger partial charge in [-0.3, -0.25) is 10.1 Å². The summed E-state index contributed by atoms with van der Waals surface area (Å²) in [6.07, 6.45) is -1.88. The van der Waals surface area contributed by atoms with E-state index in [1.165, 1.54) is 6.92 Å². The van der Waals surface area contributed by atoms with Gasteiger partial charge in [-0.1, -0.05) is 0 Å². The van der Waals surface area contributed by atoms with Gasteiger partial charge >= 0.3 is 0 Å². The molecule has 100 valence electrons. The van der Waals surface area contributed by atoms with Crippen molar-refractivity contribution in [3.8, 4) is 5.75 Å². The molecule has 0 fully saturated rings. The van der Waals surface area contributed by atoms with Crippen LogP contribution in [0.15, 0.2) is 6.07 Å². The number of hydrogen-bond acceptors (Lipinski definition) is 4. The predicted molar refractivity (Wildman–Crippen MR) is 54.3 cm³/mol. The van der Waals surface area contributed by atoms with Crippen LogP contribution >= 0.6 is 0 Å². The molecule has 0 heterocycles. The van der Waals surface area contributed by atoms with Gasteiger partial charge in [0.1, 0.15) is 6.10 Å². The van der Waals surface area contributed by atoms with E-state index in [0.717, 1.165) is 0 Å². The maximum atomic E-state index is 13.7. The Labute approximate surface area is 99.9 Å². The largest absolute Gasteiger partial charge is 0.488 e. The van der Waals surface area contributed by atoms with Crippen LogP contribution in [0.4, 0.5) is 13.2 Å². The lowest BCUT2D eigenvalue weighted by atomic mass is 10.1. The number of halogens is 3. The van der Waals surface area contributed by atoms with Crippen molar-refractivity contribution in [1.29, 1.82) is 0 Å². The van der Waals surface area contributed by atoms with E-state index in [1.54, 1.807) is 0 Å². The van der Waals surface area contributed by atoms with Crippen LogP contribution in [0.25, 0.3) is 0 Å². The van der Waals surface area contributed by atoms with Crippen molar-refractivity contribution < 1.29 is 27.9 Å². The Morgan fingerprint density at radius 3 is 2.56 bits per heavy atom. The molecule has 1 aromatic rings. The van der Waals surface area contributed by atoms with Crippen molar-refractivity contribution >= 4 is 0 Å². The first kappa shape index (κ1) is 14.2. The Hall–Kier alpha value is -1.83. The van der Waals surface area contributed by atoms with Gasteiger partial charge in [-0.05, 0) is 13.0 Å². The lowest BCUT2D eigenvalue weighted by Crippen LogP contribution is -2.15. The minimum Gasteiger partial charge on any atom is -0.488 e. The van der Waals surface area contributed by atoms with Crippen molar-refractivity contribution in [2.45, 2.75) is 13.0 Å². The molecule has 0 amide bonds. The molecule has 1 N–H and O–H groups in total. The Morgan fingerprint density at radius 1 is 1.44 bits per heavy atom. The van der Waals surface area contributed by atoms with Gasteiger partial charge in [-0.2, -0.15) is 4.39 Å². The molecule has 0 bridgehead atoms. The van der Waals surface area contributed by atoms with Gasteiger partial charge in [0, 0.05) is 10.5 Å². The molecule has 0 aliphatic carbocycles. The molecular formula is C10H10F3NO4. The second-order valence-corrected chi connectivity index (χ2v) is 3.37. The zero-order valence-electron chi connectivity index (χ0n) is 9.32. The number of rotatable bonds is 5. The molecule has 0 radical (unpaired) electrons. The number of nitro groups is 1. The average Bonchev–Trinajstić information content (AvgIpc) is 2.28. The van der Waals surface area contributed by atoms with E-state index < -0.39 is 46.3 Å². The van der Waals surface area contributed by atoms with Crippen molar-refractivity contribution in [2.75, 3.05) is 13.2 Å². The molecule has 18 heavy (non-hydrogen) atoms. The number of aliphatic hydroxyl groups is 1. The molecule has 8 heteroatoms. The van der Waals surface area contributed by atoms with E-state index in [2.05, 4.69) is 4.74 Å². The topological polar surface area (TPSA) is 72.6 Å². The third kappa shape index (κ3) is 2.89. The molecule has 0 saturated heterocycles. The minimum absolute atomic E-state index is 0.123. The van der Waals surface area contributed by atoms with Crippen LogP contribution in [-0.2, 0) is 0 Å². The van der Waals surface area contributed by atoms with Crippen molar-refractivity contribution in [1.82, 2.24) is 0 Å². The summed E-state index contributed by atoms with van der Waals surface area (Å²) < 4.78 is 44.6. The van der Waals surface area contributed by atoms with Gasteiger partial charge < -0.3 is 9.84 Å². The molecule has 0 aliphatic heterocycles. The highest BCUT2D eigenvalue weighted by Gasteiger charge is 2.26. The summed E-state index contributed by atoms with van der Waals surface area (Å²) in [5, 5.41) is 19.5. The lowest BCUT2D eigenvalue weighted by molar-refractivity contribution is -0.491. The van der Waals surface area contributed by atoms with Gasteiger partial charge in [0.15, 0.2) is 17.4 Å². The Kier molecular flexibility index (Phi) is 4.49. The fraction of sp³-hybridized carbons (Fsp3) is 0.400. The highest BCUT2D eigenvalue weighted by Crippen LogP contribution is 2.30.